The van der Waals surface area contributed by atoms with Gasteiger partial charge in [-0.3, -0.25) is 4.98 Å². The summed E-state index contributed by atoms with van der Waals surface area (Å²) in [5.74, 6) is 1.80. The Bertz CT molecular complexity index is 1360. The maximum absolute atomic E-state index is 14.4. The molecule has 4 N–H and O–H groups in total. The molecule has 2 unspecified atom stereocenters. The molecule has 0 spiro atoms. The van der Waals surface area contributed by atoms with Crippen molar-refractivity contribution in [1.29, 1.82) is 0 Å². The highest BCUT2D eigenvalue weighted by molar-refractivity contribution is 6.30. The van der Waals surface area contributed by atoms with Gasteiger partial charge in [-0.15, -0.1) is 0 Å². The lowest BCUT2D eigenvalue weighted by Crippen LogP contribution is -2.46. The molecule has 3 atom stereocenters. The molecule has 164 valence electrons. The van der Waals surface area contributed by atoms with Gasteiger partial charge >= 0.3 is 6.01 Å². The van der Waals surface area contributed by atoms with Crippen LogP contribution in [0.15, 0.2) is 30.6 Å². The van der Waals surface area contributed by atoms with E-state index in [1.807, 2.05) is 0 Å². The third-order valence-corrected chi connectivity index (χ3v) is 6.77. The Hall–Kier alpha value is -3.17. The Morgan fingerprint density at radius 3 is 2.88 bits per heavy atom. The van der Waals surface area contributed by atoms with Crippen LogP contribution in [0.5, 0.6) is 11.8 Å². The van der Waals surface area contributed by atoms with Crippen molar-refractivity contribution in [3.8, 4) is 11.8 Å². The lowest BCUT2D eigenvalue weighted by atomic mass is 9.72. The molecule has 2 aliphatic rings. The van der Waals surface area contributed by atoms with Gasteiger partial charge in [-0.05, 0) is 30.4 Å². The third-order valence-electron chi connectivity index (χ3n) is 6.56. The molecule has 6 rings (SSSR count). The van der Waals surface area contributed by atoms with Gasteiger partial charge in [0.05, 0.1) is 27.8 Å². The summed E-state index contributed by atoms with van der Waals surface area (Å²) in [6.07, 6.45) is 4.09. The molecule has 4 aromatic rings. The molecule has 2 fully saturated rings. The van der Waals surface area contributed by atoms with E-state index in [1.165, 1.54) is 18.3 Å². The zero-order chi connectivity index (χ0) is 22.0. The average Bonchev–Trinajstić information content (AvgIpc) is 3.30. The summed E-state index contributed by atoms with van der Waals surface area (Å²) in [6.45, 7) is 1.65. The molecular formula is C22H21ClFN7O. The van der Waals surface area contributed by atoms with Crippen LogP contribution in [-0.4, -0.2) is 46.1 Å². The molecule has 0 radical (unpaired) electrons. The summed E-state index contributed by atoms with van der Waals surface area (Å²) in [7, 11) is 1.76. The van der Waals surface area contributed by atoms with Crippen molar-refractivity contribution in [1.82, 2.24) is 19.9 Å². The van der Waals surface area contributed by atoms with Crippen LogP contribution in [0.4, 0.5) is 15.9 Å². The number of benzene rings is 1. The van der Waals surface area contributed by atoms with Gasteiger partial charge in [-0.25, -0.2) is 4.39 Å². The lowest BCUT2D eigenvalue weighted by molar-refractivity contribution is 0.194. The predicted molar refractivity (Wildman–Crippen MR) is 122 cm³/mol. The first kappa shape index (κ1) is 19.5. The third kappa shape index (κ3) is 3.03. The number of rotatable bonds is 4. The first-order chi connectivity index (χ1) is 15.5. The standard InChI is InChI=1S/C22H21ClFN7O/c1-26-17-5-12(24)4-14-18-20(28-19(14)17)29-22(32-13-3-11(23)6-27-7-13)30-21(18)31-8-10-2-16(25)15(10)9-31/h3-7,10,15-16,26H,2,8-9,25H2,1H3,(H,28,29,30)/t10?,15?,16-/m1/s1. The molecule has 4 heterocycles. The van der Waals surface area contributed by atoms with Gasteiger partial charge in [0.1, 0.15) is 17.3 Å². The van der Waals surface area contributed by atoms with Gasteiger partial charge in [0, 0.05) is 43.8 Å². The lowest BCUT2D eigenvalue weighted by Gasteiger charge is -2.36. The van der Waals surface area contributed by atoms with E-state index >= 15 is 0 Å². The number of fused-ring (bicyclic) bond motifs is 4. The van der Waals surface area contributed by atoms with E-state index in [1.54, 1.807) is 19.3 Å². The van der Waals surface area contributed by atoms with Crippen LogP contribution in [0.3, 0.4) is 0 Å². The molecule has 10 heteroatoms. The van der Waals surface area contributed by atoms with Crippen LogP contribution in [0, 0.1) is 17.7 Å². The maximum atomic E-state index is 14.4. The van der Waals surface area contributed by atoms with Crippen LogP contribution < -0.4 is 20.7 Å². The summed E-state index contributed by atoms with van der Waals surface area (Å²) >= 11 is 6.04. The summed E-state index contributed by atoms with van der Waals surface area (Å²) in [5, 5.41) is 4.99. The molecule has 1 saturated carbocycles. The molecule has 1 aromatic carbocycles. The first-order valence-electron chi connectivity index (χ1n) is 10.5. The zero-order valence-electron chi connectivity index (χ0n) is 17.3. The highest BCUT2D eigenvalue weighted by Gasteiger charge is 2.46. The van der Waals surface area contributed by atoms with Gasteiger partial charge in [0.2, 0.25) is 0 Å². The summed E-state index contributed by atoms with van der Waals surface area (Å²) in [6, 6.07) is 5.00. The fourth-order valence-electron chi connectivity index (χ4n) is 4.98. The van der Waals surface area contributed by atoms with E-state index < -0.39 is 0 Å². The molecule has 32 heavy (non-hydrogen) atoms. The van der Waals surface area contributed by atoms with Crippen LogP contribution in [0.2, 0.25) is 5.02 Å². The Balaban J connectivity index is 1.54. The van der Waals surface area contributed by atoms with Gasteiger partial charge in [-0.2, -0.15) is 9.97 Å². The topological polar surface area (TPSA) is 105 Å². The molecule has 1 saturated heterocycles. The largest absolute Gasteiger partial charge is 0.422 e. The Morgan fingerprint density at radius 1 is 1.25 bits per heavy atom. The molecule has 0 bridgehead atoms. The van der Waals surface area contributed by atoms with E-state index in [-0.39, 0.29) is 17.9 Å². The van der Waals surface area contributed by atoms with Gasteiger partial charge < -0.3 is 25.7 Å². The molecule has 1 aliphatic heterocycles. The number of ether oxygens (including phenoxy) is 1. The minimum atomic E-state index is -0.331. The maximum Gasteiger partial charge on any atom is 0.326 e. The van der Waals surface area contributed by atoms with Crippen molar-refractivity contribution in [3.05, 3.63) is 41.4 Å². The molecule has 1 aliphatic carbocycles. The number of aromatic amines is 1. The smallest absolute Gasteiger partial charge is 0.326 e. The number of H-pyrrole nitrogens is 1. The van der Waals surface area contributed by atoms with Crippen molar-refractivity contribution < 1.29 is 9.13 Å². The highest BCUT2D eigenvalue weighted by atomic mass is 35.5. The van der Waals surface area contributed by atoms with Crippen molar-refractivity contribution >= 4 is 45.0 Å². The van der Waals surface area contributed by atoms with E-state index in [2.05, 4.69) is 25.2 Å². The van der Waals surface area contributed by atoms with Crippen LogP contribution in [-0.2, 0) is 0 Å². The Labute approximate surface area is 187 Å². The number of nitrogens with two attached hydrogens (primary N) is 1. The summed E-state index contributed by atoms with van der Waals surface area (Å²) < 4.78 is 20.3. The van der Waals surface area contributed by atoms with Crippen molar-refractivity contribution in [2.45, 2.75) is 12.5 Å². The number of nitrogens with zero attached hydrogens (tertiary/aromatic N) is 4. The minimum Gasteiger partial charge on any atom is -0.422 e. The van der Waals surface area contributed by atoms with Gasteiger partial charge in [0.25, 0.3) is 0 Å². The fourth-order valence-corrected chi connectivity index (χ4v) is 5.15. The monoisotopic (exact) mass is 453 g/mol. The number of aromatic nitrogens is 4. The number of anilines is 2. The van der Waals surface area contributed by atoms with Gasteiger partial charge in [-0.1, -0.05) is 11.6 Å². The number of pyridine rings is 1. The summed E-state index contributed by atoms with van der Waals surface area (Å²) in [4.78, 5) is 18.9. The van der Waals surface area contributed by atoms with Crippen LogP contribution in [0.25, 0.3) is 21.9 Å². The molecule has 8 nitrogen and oxygen atoms in total. The fraction of sp³-hybridized carbons (Fsp3) is 0.318. The normalized spacial score (nSPS) is 22.2. The molecule has 3 aromatic heterocycles. The van der Waals surface area contributed by atoms with Crippen molar-refractivity contribution in [2.24, 2.45) is 17.6 Å². The summed E-state index contributed by atoms with van der Waals surface area (Å²) in [5.41, 5.74) is 8.20. The Kier molecular flexibility index (Phi) is 4.38. The van der Waals surface area contributed by atoms with Gasteiger partial charge in [0.15, 0.2) is 5.75 Å². The average molecular weight is 454 g/mol. The second kappa shape index (κ2) is 7.18. The first-order valence-corrected chi connectivity index (χ1v) is 10.9. The van der Waals surface area contributed by atoms with E-state index in [9.17, 15) is 4.39 Å². The van der Waals surface area contributed by atoms with Crippen LogP contribution >= 0.6 is 11.6 Å². The van der Waals surface area contributed by atoms with Crippen LogP contribution in [0.1, 0.15) is 6.42 Å². The highest BCUT2D eigenvalue weighted by Crippen LogP contribution is 2.44. The van der Waals surface area contributed by atoms with Crippen molar-refractivity contribution in [3.63, 3.8) is 0 Å². The quantitative estimate of drug-likeness (QED) is 0.430. The van der Waals surface area contributed by atoms with Crippen molar-refractivity contribution in [2.75, 3.05) is 30.4 Å². The SMILES string of the molecule is CNc1cc(F)cc2c1[nH]c1nc(Oc3cncc(Cl)c3)nc(N3CC4C[C@@H](N)C4C3)c12. The number of halogens is 2. The second-order valence-corrected chi connectivity index (χ2v) is 8.91. The zero-order valence-corrected chi connectivity index (χ0v) is 18.0. The van der Waals surface area contributed by atoms with E-state index in [0.29, 0.717) is 39.8 Å². The second-order valence-electron chi connectivity index (χ2n) is 8.47. The van der Waals surface area contributed by atoms with E-state index in [0.717, 1.165) is 35.8 Å². The predicted octanol–water partition coefficient (Wildman–Crippen LogP) is 3.92. The van der Waals surface area contributed by atoms with E-state index in [4.69, 9.17) is 27.1 Å². The minimum absolute atomic E-state index is 0.165. The number of hydrogen-bond acceptors (Lipinski definition) is 7. The molecular weight excluding hydrogens is 433 g/mol. The molecule has 0 amide bonds. The Morgan fingerprint density at radius 2 is 2.12 bits per heavy atom. The number of nitrogens with one attached hydrogen (secondary N) is 2. The number of hydrogen-bond donors (Lipinski definition) is 3.